The Bertz CT molecular complexity index is 605. The fourth-order valence-corrected chi connectivity index (χ4v) is 2.57. The topological polar surface area (TPSA) is 69.7 Å². The highest BCUT2D eigenvalue weighted by Gasteiger charge is 2.21. The first-order valence-corrected chi connectivity index (χ1v) is 8.33. The fourth-order valence-electron chi connectivity index (χ4n) is 1.82. The number of aryl methyl sites for hydroxylation is 1. The zero-order chi connectivity index (χ0) is 16.0. The summed E-state index contributed by atoms with van der Waals surface area (Å²) in [5, 5.41) is 0. The van der Waals surface area contributed by atoms with Crippen LogP contribution in [-0.2, 0) is 19.4 Å². The summed E-state index contributed by atoms with van der Waals surface area (Å²) in [6.45, 7) is 7.55. The predicted octanol–water partition coefficient (Wildman–Crippen LogP) is 3.36. The van der Waals surface area contributed by atoms with Gasteiger partial charge < -0.3 is 8.37 Å². The highest BCUT2D eigenvalue weighted by atomic mass is 32.3. The van der Waals surface area contributed by atoms with Crippen molar-refractivity contribution in [3.63, 3.8) is 0 Å². The van der Waals surface area contributed by atoms with Crippen molar-refractivity contribution in [2.75, 3.05) is 0 Å². The molecule has 5 nitrogen and oxygen atoms in total. The first-order chi connectivity index (χ1) is 9.76. The second kappa shape index (κ2) is 7.45. The van der Waals surface area contributed by atoms with Gasteiger partial charge in [0.15, 0.2) is 0 Å². The van der Waals surface area contributed by atoms with Crippen molar-refractivity contribution in [2.24, 2.45) is 0 Å². The van der Waals surface area contributed by atoms with Crippen LogP contribution in [0.4, 0.5) is 0 Å². The number of hydrogen-bond acceptors (Lipinski definition) is 5. The SMILES string of the molecule is CCCCCC(=O)OS(=O)(=O)Oc1ccc(C)c(C)c1C. The highest BCUT2D eigenvalue weighted by molar-refractivity contribution is 7.82. The van der Waals surface area contributed by atoms with Gasteiger partial charge in [0.05, 0.1) is 0 Å². The molecule has 0 aliphatic heterocycles. The summed E-state index contributed by atoms with van der Waals surface area (Å²) >= 11 is 0. The predicted molar refractivity (Wildman–Crippen MR) is 80.4 cm³/mol. The average Bonchev–Trinajstić information content (AvgIpc) is 2.39. The summed E-state index contributed by atoms with van der Waals surface area (Å²) in [5.74, 6) is -0.607. The van der Waals surface area contributed by atoms with E-state index < -0.39 is 16.4 Å². The quantitative estimate of drug-likeness (QED) is 0.722. The number of rotatable bonds is 7. The summed E-state index contributed by atoms with van der Waals surface area (Å²) < 4.78 is 32.8. The minimum Gasteiger partial charge on any atom is -0.352 e. The van der Waals surface area contributed by atoms with Crippen molar-refractivity contribution >= 4 is 16.4 Å². The minimum absolute atomic E-state index is 0.0718. The second-order valence-corrected chi connectivity index (χ2v) is 6.18. The Labute approximate surface area is 126 Å². The molecule has 0 unspecified atom stereocenters. The summed E-state index contributed by atoms with van der Waals surface area (Å²) in [6.07, 6.45) is 2.47. The van der Waals surface area contributed by atoms with Crippen LogP contribution in [0.2, 0.25) is 0 Å². The molecule has 1 aromatic rings. The van der Waals surface area contributed by atoms with Crippen LogP contribution in [0.15, 0.2) is 12.1 Å². The van der Waals surface area contributed by atoms with Gasteiger partial charge in [-0.05, 0) is 49.9 Å². The lowest BCUT2D eigenvalue weighted by molar-refractivity contribution is -0.134. The van der Waals surface area contributed by atoms with Crippen molar-refractivity contribution in [3.05, 3.63) is 28.8 Å². The standard InChI is InChI=1S/C15H22O5S/c1-5-6-7-8-15(16)20-21(17,18)19-14-10-9-11(2)12(3)13(14)4/h9-10H,5-8H2,1-4H3. The Morgan fingerprint density at radius 2 is 1.76 bits per heavy atom. The van der Waals surface area contributed by atoms with Gasteiger partial charge in [-0.15, -0.1) is 8.42 Å². The van der Waals surface area contributed by atoms with Crippen molar-refractivity contribution in [2.45, 2.75) is 53.4 Å². The molecule has 0 saturated carbocycles. The number of carbonyl (C=O) groups is 1. The molecule has 21 heavy (non-hydrogen) atoms. The van der Waals surface area contributed by atoms with Crippen LogP contribution >= 0.6 is 0 Å². The van der Waals surface area contributed by atoms with Crippen LogP contribution in [-0.4, -0.2) is 14.4 Å². The van der Waals surface area contributed by atoms with E-state index >= 15 is 0 Å². The Hall–Kier alpha value is -1.56. The van der Waals surface area contributed by atoms with Crippen LogP contribution in [0.5, 0.6) is 5.75 Å². The van der Waals surface area contributed by atoms with Gasteiger partial charge in [0.1, 0.15) is 5.75 Å². The van der Waals surface area contributed by atoms with E-state index in [9.17, 15) is 13.2 Å². The van der Waals surface area contributed by atoms with Gasteiger partial charge in [0.25, 0.3) is 0 Å². The molecular formula is C15H22O5S. The molecule has 0 N–H and O–H groups in total. The molecule has 0 aliphatic rings. The maximum Gasteiger partial charge on any atom is 0.503 e. The van der Waals surface area contributed by atoms with Crippen LogP contribution in [0, 0.1) is 20.8 Å². The first kappa shape index (κ1) is 17.5. The summed E-state index contributed by atoms with van der Waals surface area (Å²) in [4.78, 5) is 11.4. The Morgan fingerprint density at radius 3 is 2.38 bits per heavy atom. The zero-order valence-corrected chi connectivity index (χ0v) is 13.7. The van der Waals surface area contributed by atoms with E-state index in [4.69, 9.17) is 4.18 Å². The molecule has 1 rings (SSSR count). The molecule has 0 heterocycles. The third kappa shape index (κ3) is 5.38. The lowest BCUT2D eigenvalue weighted by Gasteiger charge is -2.12. The molecule has 0 bridgehead atoms. The van der Waals surface area contributed by atoms with E-state index in [0.29, 0.717) is 12.0 Å². The third-order valence-electron chi connectivity index (χ3n) is 3.38. The van der Waals surface area contributed by atoms with Gasteiger partial charge in [-0.25, -0.2) is 0 Å². The largest absolute Gasteiger partial charge is 0.503 e. The van der Waals surface area contributed by atoms with Crippen LogP contribution < -0.4 is 4.18 Å². The number of benzene rings is 1. The van der Waals surface area contributed by atoms with Crippen molar-refractivity contribution < 1.29 is 21.6 Å². The maximum atomic E-state index is 11.7. The Kier molecular flexibility index (Phi) is 6.20. The molecule has 1 aromatic carbocycles. The summed E-state index contributed by atoms with van der Waals surface area (Å²) in [5.41, 5.74) is 2.69. The lowest BCUT2D eigenvalue weighted by Crippen LogP contribution is -2.18. The van der Waals surface area contributed by atoms with Crippen LogP contribution in [0.3, 0.4) is 0 Å². The average molecular weight is 314 g/mol. The maximum absolute atomic E-state index is 11.7. The number of hydrogen-bond donors (Lipinski definition) is 0. The van der Waals surface area contributed by atoms with E-state index in [-0.39, 0.29) is 12.2 Å². The molecular weight excluding hydrogens is 292 g/mol. The van der Waals surface area contributed by atoms with E-state index in [1.165, 1.54) is 0 Å². The normalized spacial score (nSPS) is 11.2. The molecule has 118 valence electrons. The second-order valence-electron chi connectivity index (χ2n) is 5.03. The molecule has 6 heteroatoms. The molecule has 0 saturated heterocycles. The third-order valence-corrected chi connectivity index (χ3v) is 4.15. The molecule has 0 spiro atoms. The van der Waals surface area contributed by atoms with Gasteiger partial charge in [-0.1, -0.05) is 25.8 Å². The van der Waals surface area contributed by atoms with Gasteiger partial charge in [-0.2, -0.15) is 0 Å². The number of carbonyl (C=O) groups excluding carboxylic acids is 1. The summed E-state index contributed by atoms with van der Waals surface area (Å²) in [7, 11) is -4.37. The Morgan fingerprint density at radius 1 is 1.10 bits per heavy atom. The first-order valence-electron chi connectivity index (χ1n) is 7.00. The van der Waals surface area contributed by atoms with Crippen LogP contribution in [0.25, 0.3) is 0 Å². The monoisotopic (exact) mass is 314 g/mol. The van der Waals surface area contributed by atoms with E-state index in [0.717, 1.165) is 24.0 Å². The summed E-state index contributed by atoms with van der Waals surface area (Å²) in [6, 6.07) is 3.32. The molecule has 0 atom stereocenters. The Balaban J connectivity index is 2.73. The van der Waals surface area contributed by atoms with Gasteiger partial charge in [-0.3, -0.25) is 4.79 Å². The van der Waals surface area contributed by atoms with E-state index in [2.05, 4.69) is 4.18 Å². The van der Waals surface area contributed by atoms with Gasteiger partial charge >= 0.3 is 16.4 Å². The highest BCUT2D eigenvalue weighted by Crippen LogP contribution is 2.25. The van der Waals surface area contributed by atoms with Crippen LogP contribution in [0.1, 0.15) is 49.3 Å². The zero-order valence-electron chi connectivity index (χ0n) is 12.9. The van der Waals surface area contributed by atoms with E-state index in [1.54, 1.807) is 19.1 Å². The molecule has 0 aromatic heterocycles. The van der Waals surface area contributed by atoms with Gasteiger partial charge in [0, 0.05) is 6.42 Å². The molecule has 0 aliphatic carbocycles. The fraction of sp³-hybridized carbons (Fsp3) is 0.533. The smallest absolute Gasteiger partial charge is 0.352 e. The molecule has 0 fully saturated rings. The van der Waals surface area contributed by atoms with E-state index in [1.807, 2.05) is 20.8 Å². The van der Waals surface area contributed by atoms with Crippen molar-refractivity contribution in [1.82, 2.24) is 0 Å². The van der Waals surface area contributed by atoms with Gasteiger partial charge in [0.2, 0.25) is 0 Å². The lowest BCUT2D eigenvalue weighted by atomic mass is 10.0. The van der Waals surface area contributed by atoms with Crippen molar-refractivity contribution in [3.8, 4) is 5.75 Å². The number of unbranched alkanes of at least 4 members (excludes halogenated alkanes) is 2. The molecule has 0 radical (unpaired) electrons. The minimum atomic E-state index is -4.37. The van der Waals surface area contributed by atoms with Crippen molar-refractivity contribution in [1.29, 1.82) is 0 Å². The molecule has 0 amide bonds.